The monoisotopic (exact) mass is 416 g/mol. The van der Waals surface area contributed by atoms with E-state index < -0.39 is 6.10 Å². The summed E-state index contributed by atoms with van der Waals surface area (Å²) in [6.45, 7) is 0.422. The number of aromatic nitrogens is 2. The van der Waals surface area contributed by atoms with Crippen molar-refractivity contribution in [3.8, 4) is 0 Å². The van der Waals surface area contributed by atoms with Gasteiger partial charge in [0.2, 0.25) is 0 Å². The molecule has 3 aromatic rings. The summed E-state index contributed by atoms with van der Waals surface area (Å²) < 4.78 is 0. The number of hydrogen-bond donors (Lipinski definition) is 2. The maximum atomic E-state index is 12.7. The van der Waals surface area contributed by atoms with Crippen molar-refractivity contribution >= 4 is 5.91 Å². The second kappa shape index (κ2) is 9.81. The first-order chi connectivity index (χ1) is 15.1. The number of hydrogen-bond acceptors (Lipinski definition) is 5. The van der Waals surface area contributed by atoms with Gasteiger partial charge in [-0.25, -0.2) is 0 Å². The highest BCUT2D eigenvalue weighted by atomic mass is 16.3. The van der Waals surface area contributed by atoms with Crippen LogP contribution in [0.4, 0.5) is 0 Å². The average Bonchev–Trinajstić information content (AvgIpc) is 3.28. The van der Waals surface area contributed by atoms with E-state index in [2.05, 4.69) is 15.5 Å². The molecule has 2 aromatic carbocycles. The van der Waals surface area contributed by atoms with Crippen LogP contribution >= 0.6 is 0 Å². The Balaban J connectivity index is 1.31. The number of nitrogens with zero attached hydrogens (tertiary/aromatic N) is 3. The Morgan fingerprint density at radius 2 is 1.87 bits per heavy atom. The van der Waals surface area contributed by atoms with Crippen LogP contribution in [-0.2, 0) is 13.0 Å². The second-order valence-electron chi connectivity index (χ2n) is 8.18. The van der Waals surface area contributed by atoms with Crippen LogP contribution in [0.3, 0.4) is 0 Å². The summed E-state index contributed by atoms with van der Waals surface area (Å²) in [5.74, 6) is -0.0396. The number of carbonyl (C=O) groups excluding carboxylic acids is 1. The van der Waals surface area contributed by atoms with Gasteiger partial charge in [-0.3, -0.25) is 4.79 Å². The number of aliphatic hydroxyl groups excluding tert-OH is 1. The number of nitrogens with one attached hydrogen (secondary N) is 1. The van der Waals surface area contributed by atoms with Gasteiger partial charge in [0.1, 0.15) is 0 Å². The van der Waals surface area contributed by atoms with E-state index in [0.29, 0.717) is 18.2 Å². The van der Waals surface area contributed by atoms with Gasteiger partial charge in [-0.2, -0.15) is 10.2 Å². The van der Waals surface area contributed by atoms with Crippen molar-refractivity contribution in [2.24, 2.45) is 0 Å². The minimum atomic E-state index is -0.490. The highest BCUT2D eigenvalue weighted by Crippen LogP contribution is 2.26. The molecule has 1 aliphatic heterocycles. The van der Waals surface area contributed by atoms with Crippen molar-refractivity contribution in [3.05, 3.63) is 95.3 Å². The van der Waals surface area contributed by atoms with Gasteiger partial charge in [-0.05, 0) is 54.7 Å². The zero-order valence-corrected chi connectivity index (χ0v) is 17.7. The molecule has 0 saturated carbocycles. The van der Waals surface area contributed by atoms with Crippen LogP contribution in [0.1, 0.15) is 46.1 Å². The number of carbonyl (C=O) groups is 1. The Kier molecular flexibility index (Phi) is 6.70. The lowest BCUT2D eigenvalue weighted by atomic mass is 10.0. The second-order valence-corrected chi connectivity index (χ2v) is 8.18. The fourth-order valence-corrected chi connectivity index (χ4v) is 4.16. The van der Waals surface area contributed by atoms with Crippen molar-refractivity contribution in [2.45, 2.75) is 44.0 Å². The van der Waals surface area contributed by atoms with Crippen molar-refractivity contribution in [3.63, 3.8) is 0 Å². The van der Waals surface area contributed by atoms with Crippen LogP contribution in [0.25, 0.3) is 0 Å². The molecule has 6 nitrogen and oxygen atoms in total. The fraction of sp³-hybridized carbons (Fsp3) is 0.320. The third-order valence-corrected chi connectivity index (χ3v) is 5.85. The number of benzene rings is 2. The van der Waals surface area contributed by atoms with E-state index in [1.165, 1.54) is 5.56 Å². The predicted octanol–water partition coefficient (Wildman–Crippen LogP) is 3.15. The van der Waals surface area contributed by atoms with Gasteiger partial charge >= 0.3 is 0 Å². The summed E-state index contributed by atoms with van der Waals surface area (Å²) in [5.41, 5.74) is 3.55. The summed E-state index contributed by atoms with van der Waals surface area (Å²) >= 11 is 0. The minimum Gasteiger partial charge on any atom is -0.387 e. The van der Waals surface area contributed by atoms with Crippen LogP contribution < -0.4 is 5.32 Å². The molecule has 2 heterocycles. The van der Waals surface area contributed by atoms with Gasteiger partial charge in [0, 0.05) is 30.9 Å². The molecule has 1 aromatic heterocycles. The molecule has 0 bridgehead atoms. The van der Waals surface area contributed by atoms with Crippen molar-refractivity contribution in [1.82, 2.24) is 20.4 Å². The molecule has 1 amide bonds. The lowest BCUT2D eigenvalue weighted by Gasteiger charge is -2.20. The van der Waals surface area contributed by atoms with Gasteiger partial charge < -0.3 is 15.3 Å². The smallest absolute Gasteiger partial charge is 0.253 e. The molecule has 0 radical (unpaired) electrons. The first kappa shape index (κ1) is 21.2. The SMILES string of the molecule is CN(Cc1cccnn1)C(=O)c1ccc(C[C@@H]2CC[C@H]([C@H](O)c3ccccc3)N2)cc1. The standard InChI is InChI=1S/C25H28N4O2/c1-29(17-22-8-5-15-26-28-22)25(31)20-11-9-18(10-12-20)16-21-13-14-23(27-21)24(30)19-6-3-2-4-7-19/h2-12,15,21,23-24,27,30H,13-14,16-17H2,1H3/t21-,23+,24+/m0/s1. The zero-order chi connectivity index (χ0) is 21.6. The van der Waals surface area contributed by atoms with E-state index in [-0.39, 0.29) is 11.9 Å². The Bertz CT molecular complexity index is 979. The van der Waals surface area contributed by atoms with Gasteiger partial charge in [-0.15, -0.1) is 0 Å². The molecular formula is C25H28N4O2. The van der Waals surface area contributed by atoms with E-state index in [1.54, 1.807) is 18.1 Å². The zero-order valence-electron chi connectivity index (χ0n) is 17.7. The van der Waals surface area contributed by atoms with Crippen molar-refractivity contribution in [1.29, 1.82) is 0 Å². The molecule has 2 N–H and O–H groups in total. The fourth-order valence-electron chi connectivity index (χ4n) is 4.16. The van der Waals surface area contributed by atoms with Crippen molar-refractivity contribution < 1.29 is 9.90 Å². The molecule has 0 aliphatic carbocycles. The third kappa shape index (κ3) is 5.34. The maximum absolute atomic E-state index is 12.7. The molecule has 3 atom stereocenters. The topological polar surface area (TPSA) is 78.4 Å². The summed E-state index contributed by atoms with van der Waals surface area (Å²) in [7, 11) is 1.77. The molecule has 31 heavy (non-hydrogen) atoms. The highest BCUT2D eigenvalue weighted by molar-refractivity contribution is 5.94. The van der Waals surface area contributed by atoms with Gasteiger partial charge in [-0.1, -0.05) is 42.5 Å². The highest BCUT2D eigenvalue weighted by Gasteiger charge is 2.29. The molecule has 1 aliphatic rings. The van der Waals surface area contributed by atoms with E-state index in [9.17, 15) is 9.90 Å². The first-order valence-electron chi connectivity index (χ1n) is 10.7. The first-order valence-corrected chi connectivity index (χ1v) is 10.7. The van der Waals surface area contributed by atoms with Gasteiger partial charge in [0.15, 0.2) is 0 Å². The molecule has 160 valence electrons. The Labute approximate surface area is 182 Å². The normalized spacial score (nSPS) is 19.2. The third-order valence-electron chi connectivity index (χ3n) is 5.85. The summed E-state index contributed by atoms with van der Waals surface area (Å²) in [6.07, 6.45) is 3.98. The van der Waals surface area contributed by atoms with Crippen LogP contribution in [0.5, 0.6) is 0 Å². The molecule has 0 unspecified atom stereocenters. The lowest BCUT2D eigenvalue weighted by molar-refractivity contribution is 0.0783. The molecule has 4 rings (SSSR count). The summed E-state index contributed by atoms with van der Waals surface area (Å²) in [6, 6.07) is 21.7. The lowest BCUT2D eigenvalue weighted by Crippen LogP contribution is -2.35. The molecular weight excluding hydrogens is 388 g/mol. The van der Waals surface area contributed by atoms with E-state index in [1.807, 2.05) is 66.7 Å². The summed E-state index contributed by atoms with van der Waals surface area (Å²) in [4.78, 5) is 14.3. The maximum Gasteiger partial charge on any atom is 0.253 e. The van der Waals surface area contributed by atoms with Crippen LogP contribution in [0, 0.1) is 0 Å². The molecule has 1 fully saturated rings. The molecule has 0 spiro atoms. The number of amides is 1. The Morgan fingerprint density at radius 3 is 2.58 bits per heavy atom. The van der Waals surface area contributed by atoms with Crippen molar-refractivity contribution in [2.75, 3.05) is 7.05 Å². The number of rotatable bonds is 7. The predicted molar refractivity (Wildman–Crippen MR) is 119 cm³/mol. The van der Waals surface area contributed by atoms with Crippen LogP contribution in [0.2, 0.25) is 0 Å². The molecule has 1 saturated heterocycles. The van der Waals surface area contributed by atoms with Gasteiger partial charge in [0.05, 0.1) is 18.3 Å². The minimum absolute atomic E-state index is 0.0396. The van der Waals surface area contributed by atoms with Crippen LogP contribution in [-0.4, -0.2) is 45.2 Å². The van der Waals surface area contributed by atoms with E-state index >= 15 is 0 Å². The Hall–Kier alpha value is -3.09. The quantitative estimate of drug-likeness (QED) is 0.619. The average molecular weight is 417 g/mol. The van der Waals surface area contributed by atoms with Gasteiger partial charge in [0.25, 0.3) is 5.91 Å². The summed E-state index contributed by atoms with van der Waals surface area (Å²) in [5, 5.41) is 22.1. The molecule has 6 heteroatoms. The van der Waals surface area contributed by atoms with E-state index in [0.717, 1.165) is 30.5 Å². The number of aliphatic hydroxyl groups is 1. The van der Waals surface area contributed by atoms with Crippen LogP contribution in [0.15, 0.2) is 72.9 Å². The van der Waals surface area contributed by atoms with E-state index in [4.69, 9.17) is 0 Å². The largest absolute Gasteiger partial charge is 0.387 e. The Morgan fingerprint density at radius 1 is 1.10 bits per heavy atom.